The van der Waals surface area contributed by atoms with Gasteiger partial charge in [0, 0.05) is 0 Å². The van der Waals surface area contributed by atoms with E-state index in [-0.39, 0.29) is 29.0 Å². The van der Waals surface area contributed by atoms with Gasteiger partial charge in [-0.2, -0.15) is 0 Å². The normalized spacial score (nSPS) is 26.3. The average Bonchev–Trinajstić information content (AvgIpc) is 2.64. The monoisotopic (exact) mass is 479 g/mol. The van der Waals surface area contributed by atoms with Crippen molar-refractivity contribution in [3.8, 4) is 0 Å². The predicted octanol–water partition coefficient (Wildman–Crippen LogP) is 4.69. The molecule has 1 aromatic rings. The molecule has 0 bridgehead atoms. The van der Waals surface area contributed by atoms with Crippen molar-refractivity contribution >= 4 is 33.6 Å². The van der Waals surface area contributed by atoms with Crippen LogP contribution in [-0.2, 0) is 9.22 Å². The van der Waals surface area contributed by atoms with Crippen molar-refractivity contribution in [2.24, 2.45) is 11.8 Å². The Morgan fingerprint density at radius 3 is 2.55 bits per heavy atom. The topological polar surface area (TPSA) is 38.3 Å². The zero-order chi connectivity index (χ0) is 21.2. The third-order valence-corrected chi connectivity index (χ3v) is 13.8. The Balaban J connectivity index is 1.68. The predicted molar refractivity (Wildman–Crippen MR) is 125 cm³/mol. The van der Waals surface area contributed by atoms with E-state index >= 15 is 0 Å². The molecule has 3 rings (SSSR count). The third-order valence-electron chi connectivity index (χ3n) is 6.98. The van der Waals surface area contributed by atoms with Crippen molar-refractivity contribution in [2.75, 3.05) is 0 Å². The third kappa shape index (κ3) is 5.25. The first-order chi connectivity index (χ1) is 13.6. The van der Waals surface area contributed by atoms with E-state index in [0.717, 1.165) is 5.32 Å². The maximum atomic E-state index is 12.6. The molecule has 160 valence electrons. The van der Waals surface area contributed by atoms with E-state index in [1.165, 1.54) is 23.7 Å². The van der Waals surface area contributed by atoms with Gasteiger partial charge in [-0.1, -0.05) is 0 Å². The second-order valence-electron chi connectivity index (χ2n) is 10.1. The molecule has 1 amide bonds. The van der Waals surface area contributed by atoms with E-state index in [9.17, 15) is 4.79 Å². The molecule has 1 heterocycles. The van der Waals surface area contributed by atoms with Gasteiger partial charge < -0.3 is 0 Å². The van der Waals surface area contributed by atoms with Crippen LogP contribution >= 0.6 is 0 Å². The van der Waals surface area contributed by atoms with Crippen molar-refractivity contribution in [2.45, 2.75) is 82.6 Å². The molecule has 1 aliphatic carbocycles. The molecule has 1 fully saturated rings. The molecule has 4 atom stereocenters. The second kappa shape index (κ2) is 9.09. The van der Waals surface area contributed by atoms with E-state index in [1.54, 1.807) is 5.57 Å². The molecule has 3 nitrogen and oxygen atoms in total. The Hall–Kier alpha value is -0.874. The molecule has 5 heteroatoms. The van der Waals surface area contributed by atoms with Crippen molar-refractivity contribution in [3.63, 3.8) is 0 Å². The van der Waals surface area contributed by atoms with Gasteiger partial charge >= 0.3 is 185 Å². The molecule has 0 aromatic heterocycles. The van der Waals surface area contributed by atoms with Crippen molar-refractivity contribution in [1.29, 1.82) is 0 Å². The molecular weight excluding hydrogens is 441 g/mol. The fourth-order valence-corrected chi connectivity index (χ4v) is 7.77. The first kappa shape index (κ1) is 22.8. The summed E-state index contributed by atoms with van der Waals surface area (Å²) in [6.07, 6.45) is 6.03. The van der Waals surface area contributed by atoms with Gasteiger partial charge in [0.15, 0.2) is 0 Å². The minimum absolute atomic E-state index is 0.0140. The average molecular weight is 479 g/mol. The number of β-lactam (4-membered cyclic amide) rings is 1. The summed E-state index contributed by atoms with van der Waals surface area (Å²) >= 11 is 0.454. The van der Waals surface area contributed by atoms with Crippen LogP contribution in [0.4, 0.5) is 0 Å². The molecule has 2 aliphatic rings. The van der Waals surface area contributed by atoms with Crippen LogP contribution in [0, 0.1) is 11.8 Å². The summed E-state index contributed by atoms with van der Waals surface area (Å²) in [5.41, 5.74) is 1.56. The number of amides is 1. The maximum absolute atomic E-state index is 12.6. The van der Waals surface area contributed by atoms with Gasteiger partial charge in [0.1, 0.15) is 0 Å². The molecule has 1 aliphatic heterocycles. The molecule has 0 spiro atoms. The van der Waals surface area contributed by atoms with E-state index in [0.29, 0.717) is 20.9 Å². The van der Waals surface area contributed by atoms with Crippen LogP contribution in [0.2, 0.25) is 23.5 Å². The second-order valence-corrected chi connectivity index (χ2v) is 17.0. The quantitative estimate of drug-likeness (QED) is 0.351. The summed E-state index contributed by atoms with van der Waals surface area (Å²) in [4.78, 5) is 12.6. The number of benzene rings is 1. The fraction of sp³-hybridized carbons (Fsp3) is 0.625. The number of nitrogens with one attached hydrogen (secondary N) is 1. The van der Waals surface area contributed by atoms with E-state index < -0.39 is 8.32 Å². The number of carbonyl (C=O) groups excluding carboxylic acids is 1. The summed E-state index contributed by atoms with van der Waals surface area (Å²) in [5, 5.41) is 4.57. The van der Waals surface area contributed by atoms with Gasteiger partial charge in [0.05, 0.1) is 0 Å². The number of hydrogen-bond acceptors (Lipinski definition) is 2. The molecule has 1 N–H and O–H groups in total. The van der Waals surface area contributed by atoms with Crippen LogP contribution in [0.1, 0.15) is 47.0 Å². The summed E-state index contributed by atoms with van der Waals surface area (Å²) in [5.74, 6) is 0.641. The molecule has 1 aromatic carbocycles. The molecule has 0 radical (unpaired) electrons. The number of hydrogen-bond donors (Lipinski definition) is 1. The van der Waals surface area contributed by atoms with E-state index in [1.807, 2.05) is 0 Å². The van der Waals surface area contributed by atoms with Crippen LogP contribution in [-0.4, -0.2) is 41.3 Å². The van der Waals surface area contributed by atoms with Gasteiger partial charge in [-0.3, -0.25) is 0 Å². The summed E-state index contributed by atoms with van der Waals surface area (Å²) in [6, 6.07) is 11.1. The number of carbonyl (C=O) groups is 1. The number of allylic oxidation sites excluding steroid dienone is 1. The summed E-state index contributed by atoms with van der Waals surface area (Å²) < 4.78 is 8.08. The minimum atomic E-state index is -1.89. The van der Waals surface area contributed by atoms with Gasteiger partial charge in [-0.25, -0.2) is 0 Å². The Morgan fingerprint density at radius 1 is 1.24 bits per heavy atom. The van der Waals surface area contributed by atoms with Crippen LogP contribution in [0.3, 0.4) is 0 Å². The van der Waals surface area contributed by atoms with Crippen LogP contribution in [0.5, 0.6) is 0 Å². The van der Waals surface area contributed by atoms with E-state index in [2.05, 4.69) is 82.5 Å². The van der Waals surface area contributed by atoms with Gasteiger partial charge in [-0.05, 0) is 0 Å². The van der Waals surface area contributed by atoms with Crippen molar-refractivity contribution in [3.05, 3.63) is 42.0 Å². The van der Waals surface area contributed by atoms with Crippen LogP contribution in [0.25, 0.3) is 0 Å². The van der Waals surface area contributed by atoms with Crippen molar-refractivity contribution in [1.82, 2.24) is 5.32 Å². The van der Waals surface area contributed by atoms with Gasteiger partial charge in [-0.15, -0.1) is 0 Å². The van der Waals surface area contributed by atoms with E-state index in [4.69, 9.17) is 4.43 Å². The van der Waals surface area contributed by atoms with Crippen molar-refractivity contribution < 1.29 is 9.22 Å². The van der Waals surface area contributed by atoms with Crippen LogP contribution < -0.4 is 9.78 Å². The molecule has 29 heavy (non-hydrogen) atoms. The molecule has 0 unspecified atom stereocenters. The Morgan fingerprint density at radius 2 is 1.93 bits per heavy atom. The molecular formula is C24H37NO2SeSi. The first-order valence-electron chi connectivity index (χ1n) is 10.9. The van der Waals surface area contributed by atoms with Crippen LogP contribution in [0.15, 0.2) is 42.0 Å². The summed E-state index contributed by atoms with van der Waals surface area (Å²) in [6.45, 7) is 13.5. The van der Waals surface area contributed by atoms with Gasteiger partial charge in [0.25, 0.3) is 0 Å². The Kier molecular flexibility index (Phi) is 7.15. The number of rotatable bonds is 7. The standard InChI is InChI=1S/C24H37NO2SeSi/c1-17(27-29(5,6)24(2,3)4)21-22(25-23(21)26)20-15-11-10-12-18(20)16-28-19-13-8-7-9-14-19/h7-9,12-14,17,20-22H,10-11,15-16H2,1-6H3,(H,25,26)/t17-,20+,21-,22-/m1/s1. The fourth-order valence-electron chi connectivity index (χ4n) is 4.21. The Labute approximate surface area is 184 Å². The van der Waals surface area contributed by atoms with Gasteiger partial charge in [0.2, 0.25) is 0 Å². The zero-order valence-corrected chi connectivity index (χ0v) is 21.5. The first-order valence-corrected chi connectivity index (χ1v) is 15.9. The molecule has 1 saturated heterocycles. The SMILES string of the molecule is C[C@@H](O[Si](C)(C)C(C)(C)C)[C@H]1C(=O)N[C@@H]1[C@H]1CCCC=C1C[Se]c1ccccc1. The molecule has 0 saturated carbocycles. The summed E-state index contributed by atoms with van der Waals surface area (Å²) in [7, 11) is -1.89. The Bertz CT molecular complexity index is 741. The zero-order valence-electron chi connectivity index (χ0n) is 18.8.